The normalized spacial score (nSPS) is 11.2. The van der Waals surface area contributed by atoms with Crippen LogP contribution in [0.1, 0.15) is 96.8 Å². The van der Waals surface area contributed by atoms with Crippen molar-refractivity contribution < 1.29 is 14.3 Å². The molecule has 0 unspecified atom stereocenters. The summed E-state index contributed by atoms with van der Waals surface area (Å²) in [5.41, 5.74) is 0. The van der Waals surface area contributed by atoms with Gasteiger partial charge in [-0.1, -0.05) is 64.7 Å². The maximum absolute atomic E-state index is 10.1. The first-order valence-electron chi connectivity index (χ1n) is 9.69. The molecule has 0 aromatic carbocycles. The lowest BCUT2D eigenvalue weighted by atomic mass is 10.1. The fourth-order valence-corrected chi connectivity index (χ4v) is 2.46. The number of ether oxygens (including phenoxy) is 2. The molecule has 0 N–H and O–H groups in total. The van der Waals surface area contributed by atoms with Crippen LogP contribution in [0.5, 0.6) is 0 Å². The first-order chi connectivity index (χ1) is 11.4. The van der Waals surface area contributed by atoms with Gasteiger partial charge in [-0.05, 0) is 31.8 Å². The largest absolute Gasteiger partial charge is 0.475 e. The minimum atomic E-state index is 0.367. The van der Waals surface area contributed by atoms with E-state index >= 15 is 0 Å². The molecule has 3 heteroatoms. The zero-order valence-electron chi connectivity index (χ0n) is 15.3. The summed E-state index contributed by atoms with van der Waals surface area (Å²) in [6.07, 6.45) is 21.7. The summed E-state index contributed by atoms with van der Waals surface area (Å²) < 4.78 is 10.7. The number of aldehydes is 1. The van der Waals surface area contributed by atoms with Crippen LogP contribution in [0.4, 0.5) is 0 Å². The van der Waals surface area contributed by atoms with Gasteiger partial charge in [-0.3, -0.25) is 0 Å². The van der Waals surface area contributed by atoms with Crippen molar-refractivity contribution in [2.75, 3.05) is 13.4 Å². The van der Waals surface area contributed by atoms with Gasteiger partial charge in [-0.15, -0.1) is 0 Å². The molecule has 0 rings (SSSR count). The SMILES string of the molecule is CCCCCCCCCCOCOC=CCCCCCCC=O. The lowest BCUT2D eigenvalue weighted by molar-refractivity contribution is -0.107. The van der Waals surface area contributed by atoms with Crippen LogP contribution in [-0.4, -0.2) is 19.7 Å². The Balaban J connectivity index is 3.03. The summed E-state index contributed by atoms with van der Waals surface area (Å²) in [5.74, 6) is 0. The van der Waals surface area contributed by atoms with Crippen LogP contribution in [0.2, 0.25) is 0 Å². The molecule has 0 aliphatic heterocycles. The lowest BCUT2D eigenvalue weighted by Gasteiger charge is -2.04. The van der Waals surface area contributed by atoms with Crippen LogP contribution < -0.4 is 0 Å². The molecule has 0 heterocycles. The molecule has 3 nitrogen and oxygen atoms in total. The topological polar surface area (TPSA) is 35.5 Å². The molecular weight excluding hydrogens is 288 g/mol. The van der Waals surface area contributed by atoms with Gasteiger partial charge in [0, 0.05) is 6.42 Å². The fourth-order valence-electron chi connectivity index (χ4n) is 2.46. The highest BCUT2D eigenvalue weighted by Crippen LogP contribution is 2.08. The maximum atomic E-state index is 10.1. The predicted molar refractivity (Wildman–Crippen MR) is 97.4 cm³/mol. The Morgan fingerprint density at radius 3 is 2.04 bits per heavy atom. The number of hydrogen-bond acceptors (Lipinski definition) is 3. The van der Waals surface area contributed by atoms with Gasteiger partial charge in [-0.25, -0.2) is 0 Å². The van der Waals surface area contributed by atoms with E-state index < -0.39 is 0 Å². The molecule has 0 saturated carbocycles. The molecule has 0 spiro atoms. The molecule has 0 radical (unpaired) electrons. The zero-order valence-corrected chi connectivity index (χ0v) is 15.3. The number of allylic oxidation sites excluding steroid dienone is 1. The van der Waals surface area contributed by atoms with E-state index in [9.17, 15) is 4.79 Å². The molecule has 23 heavy (non-hydrogen) atoms. The summed E-state index contributed by atoms with van der Waals surface area (Å²) in [4.78, 5) is 10.1. The van der Waals surface area contributed by atoms with Gasteiger partial charge in [0.05, 0.1) is 12.9 Å². The van der Waals surface area contributed by atoms with Gasteiger partial charge < -0.3 is 14.3 Å². The van der Waals surface area contributed by atoms with E-state index in [0.717, 1.165) is 45.0 Å². The Hall–Kier alpha value is -0.830. The Bertz CT molecular complexity index is 251. The Labute approximate surface area is 143 Å². The number of carbonyl (C=O) groups excluding carboxylic acids is 1. The molecule has 0 aromatic heterocycles. The highest BCUT2D eigenvalue weighted by Gasteiger charge is 1.92. The van der Waals surface area contributed by atoms with E-state index in [-0.39, 0.29) is 0 Å². The van der Waals surface area contributed by atoms with Gasteiger partial charge in [0.25, 0.3) is 0 Å². The minimum absolute atomic E-state index is 0.367. The number of unbranched alkanes of at least 4 members (excludes halogenated alkanes) is 12. The van der Waals surface area contributed by atoms with Crippen LogP contribution in [0.25, 0.3) is 0 Å². The standard InChI is InChI=1S/C20H38O3/c1-2-3-4-5-6-9-12-15-18-22-20-23-19-16-13-10-7-8-11-14-17-21/h16-17,19H,2-15,18,20H2,1H3. The highest BCUT2D eigenvalue weighted by molar-refractivity contribution is 5.48. The smallest absolute Gasteiger partial charge is 0.188 e. The summed E-state index contributed by atoms with van der Waals surface area (Å²) in [6, 6.07) is 0. The van der Waals surface area contributed by atoms with Crippen molar-refractivity contribution in [1.29, 1.82) is 0 Å². The summed E-state index contributed by atoms with van der Waals surface area (Å²) in [6.45, 7) is 3.43. The van der Waals surface area contributed by atoms with Crippen molar-refractivity contribution in [2.24, 2.45) is 0 Å². The van der Waals surface area contributed by atoms with E-state index in [4.69, 9.17) is 9.47 Å². The van der Waals surface area contributed by atoms with Crippen LogP contribution in [0.15, 0.2) is 12.3 Å². The second-order valence-corrected chi connectivity index (χ2v) is 6.20. The molecule has 0 saturated heterocycles. The summed E-state index contributed by atoms with van der Waals surface area (Å²) in [7, 11) is 0. The van der Waals surface area contributed by atoms with Gasteiger partial charge in [0.15, 0.2) is 6.79 Å². The van der Waals surface area contributed by atoms with Crippen molar-refractivity contribution in [3.8, 4) is 0 Å². The van der Waals surface area contributed by atoms with E-state index in [1.807, 2.05) is 0 Å². The van der Waals surface area contributed by atoms with Crippen molar-refractivity contribution in [3.63, 3.8) is 0 Å². The molecule has 0 amide bonds. The van der Waals surface area contributed by atoms with Crippen molar-refractivity contribution >= 4 is 6.29 Å². The molecule has 0 bridgehead atoms. The average Bonchev–Trinajstić information content (AvgIpc) is 2.57. The monoisotopic (exact) mass is 326 g/mol. The Morgan fingerprint density at radius 2 is 1.35 bits per heavy atom. The summed E-state index contributed by atoms with van der Waals surface area (Å²) >= 11 is 0. The average molecular weight is 327 g/mol. The van der Waals surface area contributed by atoms with E-state index in [2.05, 4.69) is 13.0 Å². The quantitative estimate of drug-likeness (QED) is 0.123. The van der Waals surface area contributed by atoms with Crippen LogP contribution in [0, 0.1) is 0 Å². The van der Waals surface area contributed by atoms with Crippen LogP contribution in [-0.2, 0) is 14.3 Å². The van der Waals surface area contributed by atoms with Crippen molar-refractivity contribution in [1.82, 2.24) is 0 Å². The predicted octanol–water partition coefficient (Wildman–Crippen LogP) is 6.17. The van der Waals surface area contributed by atoms with Gasteiger partial charge in [0.2, 0.25) is 0 Å². The minimum Gasteiger partial charge on any atom is -0.475 e. The van der Waals surface area contributed by atoms with E-state index in [1.165, 1.54) is 51.4 Å². The second-order valence-electron chi connectivity index (χ2n) is 6.20. The number of rotatable bonds is 19. The maximum Gasteiger partial charge on any atom is 0.188 e. The molecular formula is C20H38O3. The highest BCUT2D eigenvalue weighted by atomic mass is 16.7. The van der Waals surface area contributed by atoms with Crippen molar-refractivity contribution in [3.05, 3.63) is 12.3 Å². The number of hydrogen-bond donors (Lipinski definition) is 0. The van der Waals surface area contributed by atoms with Crippen molar-refractivity contribution in [2.45, 2.75) is 96.8 Å². The lowest BCUT2D eigenvalue weighted by Crippen LogP contribution is -1.98. The van der Waals surface area contributed by atoms with Gasteiger partial charge >= 0.3 is 0 Å². The molecule has 0 aliphatic rings. The Kier molecular flexibility index (Phi) is 20.4. The molecule has 0 atom stereocenters. The Morgan fingerprint density at radius 1 is 0.739 bits per heavy atom. The first kappa shape index (κ1) is 22.2. The third-order valence-corrected chi connectivity index (χ3v) is 3.93. The second kappa shape index (κ2) is 21.2. The zero-order chi connectivity index (χ0) is 16.8. The van der Waals surface area contributed by atoms with E-state index in [0.29, 0.717) is 13.2 Å². The first-order valence-corrected chi connectivity index (χ1v) is 9.69. The molecule has 0 fully saturated rings. The third-order valence-electron chi connectivity index (χ3n) is 3.93. The van der Waals surface area contributed by atoms with E-state index in [1.54, 1.807) is 6.26 Å². The molecule has 0 aliphatic carbocycles. The fraction of sp³-hybridized carbons (Fsp3) is 0.850. The van der Waals surface area contributed by atoms with Gasteiger partial charge in [-0.2, -0.15) is 0 Å². The number of carbonyl (C=O) groups is 1. The molecule has 0 aromatic rings. The van der Waals surface area contributed by atoms with Crippen LogP contribution >= 0.6 is 0 Å². The third kappa shape index (κ3) is 21.2. The summed E-state index contributed by atoms with van der Waals surface area (Å²) in [5, 5.41) is 0. The van der Waals surface area contributed by atoms with Gasteiger partial charge in [0.1, 0.15) is 6.29 Å². The molecule has 136 valence electrons. The van der Waals surface area contributed by atoms with Crippen LogP contribution in [0.3, 0.4) is 0 Å².